The highest BCUT2D eigenvalue weighted by atomic mass is 79.9. The van der Waals surface area contributed by atoms with E-state index in [-0.39, 0.29) is 8.95 Å². The topological polar surface area (TPSA) is 0 Å². The number of hydrogen-bond donors (Lipinski definition) is 0. The minimum absolute atomic E-state index is 0.108. The predicted octanol–water partition coefficient (Wildman–Crippen LogP) is 3.63. The monoisotopic (exact) mass is 288 g/mol. The molecule has 0 spiro atoms. The molecule has 0 aliphatic rings. The first-order chi connectivity index (χ1) is 5.04. The van der Waals surface area contributed by atoms with Gasteiger partial charge in [0.15, 0.2) is 17.5 Å². The quantitative estimate of drug-likeness (QED) is 0.505. The summed E-state index contributed by atoms with van der Waals surface area (Å²) >= 11 is 5.44. The Morgan fingerprint density at radius 1 is 0.818 bits per heavy atom. The molecule has 0 nitrogen and oxygen atoms in total. The highest BCUT2D eigenvalue weighted by Gasteiger charge is 2.15. The van der Waals surface area contributed by atoms with E-state index >= 15 is 0 Å². The van der Waals surface area contributed by atoms with E-state index in [0.29, 0.717) is 0 Å². The van der Waals surface area contributed by atoms with Gasteiger partial charge in [-0.15, -0.1) is 0 Å². The maximum Gasteiger partial charge on any atom is 0.196 e. The summed E-state index contributed by atoms with van der Waals surface area (Å²) in [5.41, 5.74) is 0. The van der Waals surface area contributed by atoms with Crippen LogP contribution < -0.4 is 0 Å². The van der Waals surface area contributed by atoms with Crippen LogP contribution in [0.2, 0.25) is 0 Å². The van der Waals surface area contributed by atoms with Crippen LogP contribution in [0.5, 0.6) is 0 Å². The van der Waals surface area contributed by atoms with E-state index in [1.165, 1.54) is 0 Å². The molecule has 0 unspecified atom stereocenters. The van der Waals surface area contributed by atoms with Crippen molar-refractivity contribution in [2.45, 2.75) is 0 Å². The predicted molar refractivity (Wildman–Crippen MR) is 41.7 cm³/mol. The zero-order chi connectivity index (χ0) is 8.59. The van der Waals surface area contributed by atoms with Gasteiger partial charge >= 0.3 is 0 Å². The zero-order valence-electron chi connectivity index (χ0n) is 4.97. The molecule has 0 amide bonds. The van der Waals surface area contributed by atoms with Gasteiger partial charge in [0.25, 0.3) is 0 Å². The Balaban J connectivity index is 3.46. The summed E-state index contributed by atoms with van der Waals surface area (Å²) in [5.74, 6) is -3.91. The van der Waals surface area contributed by atoms with Crippen molar-refractivity contribution < 1.29 is 13.2 Å². The lowest BCUT2D eigenvalue weighted by Crippen LogP contribution is -1.92. The van der Waals surface area contributed by atoms with Crippen LogP contribution >= 0.6 is 31.9 Å². The maximum atomic E-state index is 12.5. The number of benzene rings is 1. The molecule has 0 N–H and O–H groups in total. The Kier molecular flexibility index (Phi) is 2.59. The van der Waals surface area contributed by atoms with Gasteiger partial charge < -0.3 is 0 Å². The molecule has 0 bridgehead atoms. The first kappa shape index (κ1) is 9.06. The molecular formula is C6HBr2F3. The number of rotatable bonds is 0. The molecule has 0 aromatic heterocycles. The summed E-state index contributed by atoms with van der Waals surface area (Å²) in [6.07, 6.45) is 0. The Morgan fingerprint density at radius 2 is 1.18 bits per heavy atom. The van der Waals surface area contributed by atoms with Crippen LogP contribution in [0.4, 0.5) is 13.2 Å². The van der Waals surface area contributed by atoms with Crippen LogP contribution in [0.15, 0.2) is 15.0 Å². The third-order valence-corrected chi connectivity index (χ3v) is 2.21. The third-order valence-electron chi connectivity index (χ3n) is 1.06. The molecule has 0 atom stereocenters. The summed E-state index contributed by atoms with van der Waals surface area (Å²) in [5, 5.41) is 0. The molecule has 60 valence electrons. The van der Waals surface area contributed by atoms with E-state index in [1.807, 2.05) is 0 Å². The van der Waals surface area contributed by atoms with Gasteiger partial charge in [0.1, 0.15) is 0 Å². The van der Waals surface area contributed by atoms with Crippen LogP contribution in [0.1, 0.15) is 0 Å². The van der Waals surface area contributed by atoms with Crippen molar-refractivity contribution >= 4 is 31.9 Å². The second-order valence-electron chi connectivity index (χ2n) is 1.78. The van der Waals surface area contributed by atoms with Crippen molar-refractivity contribution in [1.82, 2.24) is 0 Å². The average molecular weight is 290 g/mol. The van der Waals surface area contributed by atoms with Crippen molar-refractivity contribution in [2.75, 3.05) is 0 Å². The molecule has 0 heterocycles. The van der Waals surface area contributed by atoms with E-state index < -0.39 is 17.5 Å². The first-order valence-electron chi connectivity index (χ1n) is 2.52. The number of hydrogen-bond acceptors (Lipinski definition) is 0. The lowest BCUT2D eigenvalue weighted by atomic mass is 10.3. The van der Waals surface area contributed by atoms with Gasteiger partial charge in [-0.05, 0) is 37.9 Å². The fraction of sp³-hybridized carbons (Fsp3) is 0. The van der Waals surface area contributed by atoms with Gasteiger partial charge in [-0.25, -0.2) is 13.2 Å². The molecule has 0 fully saturated rings. The van der Waals surface area contributed by atoms with Gasteiger partial charge in [0, 0.05) is 0 Å². The van der Waals surface area contributed by atoms with Gasteiger partial charge in [-0.1, -0.05) is 0 Å². The minimum atomic E-state index is -1.48. The molecule has 1 rings (SSSR count). The Morgan fingerprint density at radius 3 is 1.55 bits per heavy atom. The van der Waals surface area contributed by atoms with E-state index in [9.17, 15) is 13.2 Å². The summed E-state index contributed by atoms with van der Waals surface area (Å²) in [4.78, 5) is 0. The van der Waals surface area contributed by atoms with Gasteiger partial charge in [-0.2, -0.15) is 0 Å². The lowest BCUT2D eigenvalue weighted by molar-refractivity contribution is 0.441. The first-order valence-corrected chi connectivity index (χ1v) is 4.11. The molecule has 5 heteroatoms. The van der Waals surface area contributed by atoms with Crippen LogP contribution in [-0.4, -0.2) is 0 Å². The van der Waals surface area contributed by atoms with Crippen LogP contribution in [0, 0.1) is 17.5 Å². The highest BCUT2D eigenvalue weighted by Crippen LogP contribution is 2.26. The van der Waals surface area contributed by atoms with Crippen LogP contribution in [-0.2, 0) is 0 Å². The van der Waals surface area contributed by atoms with E-state index in [1.54, 1.807) is 0 Å². The second-order valence-corrected chi connectivity index (χ2v) is 3.49. The fourth-order valence-electron chi connectivity index (χ4n) is 0.544. The van der Waals surface area contributed by atoms with Crippen molar-refractivity contribution in [3.8, 4) is 0 Å². The molecule has 0 saturated heterocycles. The Labute approximate surface area is 77.7 Å². The normalized spacial score (nSPS) is 10.3. The highest BCUT2D eigenvalue weighted by molar-refractivity contribution is 9.11. The van der Waals surface area contributed by atoms with Crippen molar-refractivity contribution in [3.63, 3.8) is 0 Å². The Hall–Kier alpha value is -0.0300. The van der Waals surface area contributed by atoms with Crippen LogP contribution in [0.3, 0.4) is 0 Å². The van der Waals surface area contributed by atoms with Gasteiger partial charge in [0.05, 0.1) is 8.95 Å². The third kappa shape index (κ3) is 1.59. The average Bonchev–Trinajstić information content (AvgIpc) is 1.97. The maximum absolute atomic E-state index is 12.5. The molecule has 0 aliphatic carbocycles. The molecule has 0 radical (unpaired) electrons. The molecule has 1 aromatic rings. The minimum Gasteiger partial charge on any atom is -0.202 e. The summed E-state index contributed by atoms with van der Waals surface area (Å²) in [6, 6.07) is 1.10. The Bertz CT molecular complexity index is 272. The zero-order valence-corrected chi connectivity index (χ0v) is 8.14. The van der Waals surface area contributed by atoms with Gasteiger partial charge in [-0.3, -0.25) is 0 Å². The standard InChI is InChI=1S/C6HBr2F3/c7-2-1-3(8)5(10)6(11)4(2)9/h1H. The SMILES string of the molecule is Fc1c(Br)cc(Br)c(F)c1F. The summed E-state index contributed by atoms with van der Waals surface area (Å²) in [6.45, 7) is 0. The molecular weight excluding hydrogens is 289 g/mol. The second kappa shape index (κ2) is 3.15. The summed E-state index contributed by atoms with van der Waals surface area (Å²) < 4.78 is 37.2. The van der Waals surface area contributed by atoms with Crippen LogP contribution in [0.25, 0.3) is 0 Å². The lowest BCUT2D eigenvalue weighted by Gasteiger charge is -1.99. The molecule has 1 aromatic carbocycles. The van der Waals surface area contributed by atoms with Crippen molar-refractivity contribution in [3.05, 3.63) is 32.5 Å². The fourth-order valence-corrected chi connectivity index (χ4v) is 1.66. The number of halogens is 5. The van der Waals surface area contributed by atoms with E-state index in [2.05, 4.69) is 31.9 Å². The van der Waals surface area contributed by atoms with E-state index in [0.717, 1.165) is 6.07 Å². The molecule has 0 aliphatic heterocycles. The van der Waals surface area contributed by atoms with Crippen molar-refractivity contribution in [1.29, 1.82) is 0 Å². The van der Waals surface area contributed by atoms with Crippen molar-refractivity contribution in [2.24, 2.45) is 0 Å². The van der Waals surface area contributed by atoms with Gasteiger partial charge in [0.2, 0.25) is 0 Å². The molecule has 0 saturated carbocycles. The van der Waals surface area contributed by atoms with E-state index in [4.69, 9.17) is 0 Å². The largest absolute Gasteiger partial charge is 0.202 e. The molecule has 11 heavy (non-hydrogen) atoms. The summed E-state index contributed by atoms with van der Waals surface area (Å²) in [7, 11) is 0. The smallest absolute Gasteiger partial charge is 0.196 e.